The number of nitriles is 2. The van der Waals surface area contributed by atoms with Gasteiger partial charge in [0, 0.05) is 11.8 Å². The molecular weight excluding hydrogens is 252 g/mol. The summed E-state index contributed by atoms with van der Waals surface area (Å²) in [4.78, 5) is 16.2. The summed E-state index contributed by atoms with van der Waals surface area (Å²) in [7, 11) is 0. The van der Waals surface area contributed by atoms with E-state index >= 15 is 0 Å². The molecule has 0 radical (unpaired) electrons. The van der Waals surface area contributed by atoms with E-state index in [0.29, 0.717) is 22.5 Å². The van der Waals surface area contributed by atoms with Gasteiger partial charge in [0.15, 0.2) is 0 Å². The van der Waals surface area contributed by atoms with Crippen molar-refractivity contribution in [2.75, 3.05) is 5.32 Å². The van der Waals surface area contributed by atoms with Gasteiger partial charge in [-0.25, -0.2) is 4.98 Å². The zero-order chi connectivity index (χ0) is 14.5. The van der Waals surface area contributed by atoms with Crippen molar-refractivity contribution in [3.8, 4) is 12.1 Å². The van der Waals surface area contributed by atoms with Gasteiger partial charge in [-0.05, 0) is 36.8 Å². The van der Waals surface area contributed by atoms with Crippen LogP contribution in [0.25, 0.3) is 0 Å². The number of hydrogen-bond acceptors (Lipinski definition) is 4. The summed E-state index contributed by atoms with van der Waals surface area (Å²) in [5.41, 5.74) is 1.43. The lowest BCUT2D eigenvalue weighted by Crippen LogP contribution is -2.15. The van der Waals surface area contributed by atoms with E-state index in [2.05, 4.69) is 10.3 Å². The standard InChI is InChI=1S/C15H10N4O/c1-10-12(9-17)6-11(8-16)7-13(10)15(20)19-14-4-2-3-5-18-14/h2-7H,1H3,(H,18,19,20). The topological polar surface area (TPSA) is 89.6 Å². The molecular formula is C15H10N4O. The van der Waals surface area contributed by atoms with E-state index in [1.165, 1.54) is 12.1 Å². The first-order valence-corrected chi connectivity index (χ1v) is 5.83. The molecule has 0 fully saturated rings. The number of carbonyl (C=O) groups excluding carboxylic acids is 1. The number of nitrogens with one attached hydrogen (secondary N) is 1. The Morgan fingerprint density at radius 1 is 1.25 bits per heavy atom. The number of rotatable bonds is 2. The Hall–Kier alpha value is -3.18. The maximum Gasteiger partial charge on any atom is 0.257 e. The largest absolute Gasteiger partial charge is 0.307 e. The van der Waals surface area contributed by atoms with Crippen LogP contribution in [-0.4, -0.2) is 10.9 Å². The first-order chi connectivity index (χ1) is 9.65. The minimum Gasteiger partial charge on any atom is -0.307 e. The molecule has 5 nitrogen and oxygen atoms in total. The number of nitrogens with zero attached hydrogens (tertiary/aromatic N) is 3. The highest BCUT2D eigenvalue weighted by molar-refractivity contribution is 6.05. The van der Waals surface area contributed by atoms with Gasteiger partial charge in [-0.2, -0.15) is 10.5 Å². The van der Waals surface area contributed by atoms with Crippen molar-refractivity contribution < 1.29 is 4.79 Å². The van der Waals surface area contributed by atoms with E-state index in [4.69, 9.17) is 10.5 Å². The van der Waals surface area contributed by atoms with Crippen molar-refractivity contribution in [3.05, 3.63) is 58.8 Å². The summed E-state index contributed by atoms with van der Waals surface area (Å²) in [5, 5.41) is 20.6. The Labute approximate surface area is 116 Å². The number of amides is 1. The Morgan fingerprint density at radius 3 is 2.65 bits per heavy atom. The monoisotopic (exact) mass is 262 g/mol. The molecule has 2 aromatic rings. The molecule has 5 heteroatoms. The highest BCUT2D eigenvalue weighted by atomic mass is 16.1. The molecule has 1 heterocycles. The first-order valence-electron chi connectivity index (χ1n) is 5.83. The second kappa shape index (κ2) is 5.64. The molecule has 0 saturated carbocycles. The second-order valence-corrected chi connectivity index (χ2v) is 4.09. The third kappa shape index (κ3) is 2.63. The van der Waals surface area contributed by atoms with Crippen LogP contribution in [0.1, 0.15) is 27.0 Å². The smallest absolute Gasteiger partial charge is 0.257 e. The van der Waals surface area contributed by atoms with Gasteiger partial charge in [0.1, 0.15) is 5.82 Å². The van der Waals surface area contributed by atoms with Crippen LogP contribution >= 0.6 is 0 Å². The molecule has 0 unspecified atom stereocenters. The van der Waals surface area contributed by atoms with Crippen LogP contribution in [0.3, 0.4) is 0 Å². The maximum absolute atomic E-state index is 12.2. The molecule has 0 spiro atoms. The van der Waals surface area contributed by atoms with Crippen LogP contribution in [0.2, 0.25) is 0 Å². The fourth-order valence-corrected chi connectivity index (χ4v) is 1.75. The zero-order valence-electron chi connectivity index (χ0n) is 10.7. The van der Waals surface area contributed by atoms with Gasteiger partial charge in [0.2, 0.25) is 0 Å². The van der Waals surface area contributed by atoms with E-state index < -0.39 is 5.91 Å². The van der Waals surface area contributed by atoms with Gasteiger partial charge in [0.05, 0.1) is 23.3 Å². The quantitative estimate of drug-likeness (QED) is 0.899. The first kappa shape index (κ1) is 13.3. The number of benzene rings is 1. The van der Waals surface area contributed by atoms with Crippen molar-refractivity contribution in [1.29, 1.82) is 10.5 Å². The van der Waals surface area contributed by atoms with E-state index in [9.17, 15) is 4.79 Å². The summed E-state index contributed by atoms with van der Waals surface area (Å²) in [5.74, 6) is 0.0209. The fourth-order valence-electron chi connectivity index (χ4n) is 1.75. The average Bonchev–Trinajstić information content (AvgIpc) is 2.48. The van der Waals surface area contributed by atoms with Crippen LogP contribution in [0, 0.1) is 29.6 Å². The lowest BCUT2D eigenvalue weighted by molar-refractivity contribution is 0.102. The number of anilines is 1. The number of aromatic nitrogens is 1. The van der Waals surface area contributed by atoms with Crippen LogP contribution in [0.15, 0.2) is 36.5 Å². The molecule has 1 N–H and O–H groups in total. The van der Waals surface area contributed by atoms with E-state index in [-0.39, 0.29) is 5.56 Å². The second-order valence-electron chi connectivity index (χ2n) is 4.09. The molecule has 0 bridgehead atoms. The van der Waals surface area contributed by atoms with Crippen LogP contribution in [0.5, 0.6) is 0 Å². The van der Waals surface area contributed by atoms with Crippen molar-refractivity contribution in [1.82, 2.24) is 4.98 Å². The normalized spacial score (nSPS) is 9.35. The maximum atomic E-state index is 12.2. The number of hydrogen-bond donors (Lipinski definition) is 1. The van der Waals surface area contributed by atoms with Crippen molar-refractivity contribution in [2.45, 2.75) is 6.92 Å². The van der Waals surface area contributed by atoms with Crippen molar-refractivity contribution >= 4 is 11.7 Å². The minimum atomic E-state index is -0.394. The highest BCUT2D eigenvalue weighted by Crippen LogP contribution is 2.17. The molecule has 0 aliphatic heterocycles. The van der Waals surface area contributed by atoms with Gasteiger partial charge < -0.3 is 5.32 Å². The Morgan fingerprint density at radius 2 is 2.05 bits per heavy atom. The lowest BCUT2D eigenvalue weighted by Gasteiger charge is -2.08. The number of pyridine rings is 1. The van der Waals surface area contributed by atoms with E-state index in [1.807, 2.05) is 12.1 Å². The fraction of sp³-hybridized carbons (Fsp3) is 0.0667. The summed E-state index contributed by atoms with van der Waals surface area (Å²) < 4.78 is 0. The SMILES string of the molecule is Cc1c(C#N)cc(C#N)cc1C(=O)Nc1ccccn1. The van der Waals surface area contributed by atoms with Crippen LogP contribution in [-0.2, 0) is 0 Å². The predicted octanol–water partition coefficient (Wildman–Crippen LogP) is 2.39. The molecule has 20 heavy (non-hydrogen) atoms. The summed E-state index contributed by atoms with van der Waals surface area (Å²) in [6, 6.07) is 12.0. The molecule has 0 saturated heterocycles. The van der Waals surface area contributed by atoms with Gasteiger partial charge >= 0.3 is 0 Å². The number of carbonyl (C=O) groups is 1. The van der Waals surface area contributed by atoms with Crippen LogP contribution < -0.4 is 5.32 Å². The molecule has 1 amide bonds. The molecule has 96 valence electrons. The van der Waals surface area contributed by atoms with Gasteiger partial charge in [0.25, 0.3) is 5.91 Å². The average molecular weight is 262 g/mol. The molecule has 2 rings (SSSR count). The summed E-state index contributed by atoms with van der Waals surface area (Å²) in [6.45, 7) is 1.67. The Bertz CT molecular complexity index is 739. The highest BCUT2D eigenvalue weighted by Gasteiger charge is 2.14. The molecule has 0 aliphatic carbocycles. The Balaban J connectivity index is 2.40. The summed E-state index contributed by atoms with van der Waals surface area (Å²) >= 11 is 0. The third-order valence-corrected chi connectivity index (χ3v) is 2.81. The zero-order valence-corrected chi connectivity index (χ0v) is 10.7. The van der Waals surface area contributed by atoms with Crippen molar-refractivity contribution in [3.63, 3.8) is 0 Å². The molecule has 1 aromatic carbocycles. The minimum absolute atomic E-state index is 0.276. The van der Waals surface area contributed by atoms with Gasteiger partial charge in [-0.1, -0.05) is 6.07 Å². The molecule has 0 aliphatic rings. The predicted molar refractivity (Wildman–Crippen MR) is 72.8 cm³/mol. The molecule has 0 atom stereocenters. The molecule has 1 aromatic heterocycles. The summed E-state index contributed by atoms with van der Waals surface area (Å²) in [6.07, 6.45) is 1.56. The van der Waals surface area contributed by atoms with E-state index in [0.717, 1.165) is 0 Å². The third-order valence-electron chi connectivity index (χ3n) is 2.81. The van der Waals surface area contributed by atoms with E-state index in [1.54, 1.807) is 31.3 Å². The van der Waals surface area contributed by atoms with Gasteiger partial charge in [-0.3, -0.25) is 4.79 Å². The lowest BCUT2D eigenvalue weighted by atomic mass is 9.99. The van der Waals surface area contributed by atoms with Crippen LogP contribution in [0.4, 0.5) is 5.82 Å². The van der Waals surface area contributed by atoms with Gasteiger partial charge in [-0.15, -0.1) is 0 Å². The Kier molecular flexibility index (Phi) is 3.74. The van der Waals surface area contributed by atoms with Crippen molar-refractivity contribution in [2.24, 2.45) is 0 Å².